The van der Waals surface area contributed by atoms with Gasteiger partial charge in [0, 0.05) is 17.7 Å². The Morgan fingerprint density at radius 1 is 1.50 bits per heavy atom. The number of aliphatic hydroxyl groups is 1. The van der Waals surface area contributed by atoms with E-state index in [0.29, 0.717) is 18.0 Å². The van der Waals surface area contributed by atoms with Crippen molar-refractivity contribution in [3.8, 4) is 11.8 Å². The molecule has 2 N–H and O–H groups in total. The molecular formula is C16H21NO2S. The summed E-state index contributed by atoms with van der Waals surface area (Å²) in [6.07, 6.45) is 2.06. The second-order valence-electron chi connectivity index (χ2n) is 4.76. The molecule has 3 nitrogen and oxygen atoms in total. The van der Waals surface area contributed by atoms with Crippen LogP contribution < -0.4 is 5.32 Å². The van der Waals surface area contributed by atoms with Crippen molar-refractivity contribution in [2.24, 2.45) is 5.92 Å². The predicted molar refractivity (Wildman–Crippen MR) is 85.0 cm³/mol. The Balaban J connectivity index is 2.73. The van der Waals surface area contributed by atoms with Gasteiger partial charge in [0.1, 0.15) is 6.61 Å². The van der Waals surface area contributed by atoms with Gasteiger partial charge in [0.25, 0.3) is 5.91 Å². The molecule has 0 heterocycles. The first-order valence-electron chi connectivity index (χ1n) is 6.56. The van der Waals surface area contributed by atoms with E-state index in [9.17, 15) is 4.79 Å². The Hall–Kier alpha value is -1.44. The first-order valence-corrected chi connectivity index (χ1v) is 7.95. The molecule has 0 aliphatic carbocycles. The number of carbonyl (C=O) groups excluding carboxylic acids is 1. The molecule has 1 atom stereocenters. The third kappa shape index (κ3) is 5.28. The molecular weight excluding hydrogens is 270 g/mol. The highest BCUT2D eigenvalue weighted by Crippen LogP contribution is 2.10. The van der Waals surface area contributed by atoms with Gasteiger partial charge in [-0.25, -0.2) is 0 Å². The number of rotatable bonds is 5. The maximum atomic E-state index is 12.1. The van der Waals surface area contributed by atoms with Gasteiger partial charge in [0.05, 0.1) is 0 Å². The van der Waals surface area contributed by atoms with Crippen molar-refractivity contribution < 1.29 is 9.90 Å². The largest absolute Gasteiger partial charge is 0.384 e. The minimum atomic E-state index is -0.179. The molecule has 1 aromatic rings. The monoisotopic (exact) mass is 291 g/mol. The number of aliphatic hydroxyl groups excluding tert-OH is 1. The van der Waals surface area contributed by atoms with Crippen LogP contribution in [0.5, 0.6) is 0 Å². The van der Waals surface area contributed by atoms with Gasteiger partial charge in [-0.2, -0.15) is 11.8 Å². The lowest BCUT2D eigenvalue weighted by atomic mass is 10.0. The number of hydrogen-bond acceptors (Lipinski definition) is 3. The van der Waals surface area contributed by atoms with E-state index >= 15 is 0 Å². The topological polar surface area (TPSA) is 49.3 Å². The van der Waals surface area contributed by atoms with E-state index in [0.717, 1.165) is 16.9 Å². The lowest BCUT2D eigenvalue weighted by molar-refractivity contribution is 0.0949. The molecule has 0 saturated heterocycles. The van der Waals surface area contributed by atoms with E-state index in [-0.39, 0.29) is 12.5 Å². The number of benzene rings is 1. The standard InChI is InChI=1S/C16H21NO2S/c1-12(11-20-3)10-17-16(19)15-7-6-13(2)14(9-15)5-4-8-18/h6-7,9,12,18H,8,10-11H2,1-3H3,(H,17,19). The van der Waals surface area contributed by atoms with E-state index in [1.807, 2.05) is 13.0 Å². The number of thioether (sulfide) groups is 1. The van der Waals surface area contributed by atoms with Gasteiger partial charge >= 0.3 is 0 Å². The summed E-state index contributed by atoms with van der Waals surface area (Å²) in [5.74, 6) is 6.87. The SMILES string of the molecule is CSCC(C)CNC(=O)c1ccc(C)c(C#CCO)c1. The number of amides is 1. The zero-order chi connectivity index (χ0) is 15.0. The fourth-order valence-corrected chi connectivity index (χ4v) is 2.43. The number of nitrogens with one attached hydrogen (secondary N) is 1. The zero-order valence-electron chi connectivity index (χ0n) is 12.2. The Kier molecular flexibility index (Phi) is 7.21. The summed E-state index contributed by atoms with van der Waals surface area (Å²) < 4.78 is 0. The molecule has 1 amide bonds. The smallest absolute Gasteiger partial charge is 0.251 e. The molecule has 0 aromatic heterocycles. The first kappa shape index (κ1) is 16.6. The van der Waals surface area contributed by atoms with Crippen molar-refractivity contribution in [3.05, 3.63) is 34.9 Å². The molecule has 20 heavy (non-hydrogen) atoms. The van der Waals surface area contributed by atoms with Crippen LogP contribution in [-0.4, -0.2) is 36.2 Å². The minimum absolute atomic E-state index is 0.0787. The highest BCUT2D eigenvalue weighted by atomic mass is 32.2. The van der Waals surface area contributed by atoms with Crippen LogP contribution in [0.1, 0.15) is 28.4 Å². The third-order valence-electron chi connectivity index (χ3n) is 2.86. The van der Waals surface area contributed by atoms with Crippen molar-refractivity contribution in [1.29, 1.82) is 0 Å². The zero-order valence-corrected chi connectivity index (χ0v) is 13.0. The third-order valence-corrected chi connectivity index (χ3v) is 3.77. The average Bonchev–Trinajstić information content (AvgIpc) is 2.44. The van der Waals surface area contributed by atoms with Gasteiger partial charge < -0.3 is 10.4 Å². The molecule has 0 saturated carbocycles. The van der Waals surface area contributed by atoms with Crippen LogP contribution in [0.4, 0.5) is 0 Å². The molecule has 4 heteroatoms. The highest BCUT2D eigenvalue weighted by molar-refractivity contribution is 7.98. The lowest BCUT2D eigenvalue weighted by Crippen LogP contribution is -2.29. The van der Waals surface area contributed by atoms with Crippen molar-refractivity contribution >= 4 is 17.7 Å². The average molecular weight is 291 g/mol. The molecule has 0 spiro atoms. The van der Waals surface area contributed by atoms with Gasteiger partial charge in [-0.15, -0.1) is 0 Å². The molecule has 1 unspecified atom stereocenters. The Morgan fingerprint density at radius 3 is 2.90 bits per heavy atom. The molecule has 1 rings (SSSR count). The van der Waals surface area contributed by atoms with Crippen LogP contribution in [0.3, 0.4) is 0 Å². The number of hydrogen-bond donors (Lipinski definition) is 2. The molecule has 0 bridgehead atoms. The fourth-order valence-electron chi connectivity index (χ4n) is 1.75. The molecule has 108 valence electrons. The van der Waals surface area contributed by atoms with Crippen molar-refractivity contribution in [1.82, 2.24) is 5.32 Å². The lowest BCUT2D eigenvalue weighted by Gasteiger charge is -2.11. The van der Waals surface area contributed by atoms with E-state index in [4.69, 9.17) is 5.11 Å². The Morgan fingerprint density at radius 2 is 2.25 bits per heavy atom. The van der Waals surface area contributed by atoms with Crippen LogP contribution in [-0.2, 0) is 0 Å². The predicted octanol–water partition coefficient (Wildman–Crippen LogP) is 2.07. The van der Waals surface area contributed by atoms with Gasteiger partial charge in [-0.3, -0.25) is 4.79 Å². The molecule has 0 radical (unpaired) electrons. The number of carbonyl (C=O) groups is 1. The van der Waals surface area contributed by atoms with Crippen LogP contribution in [0.25, 0.3) is 0 Å². The summed E-state index contributed by atoms with van der Waals surface area (Å²) in [6, 6.07) is 5.45. The van der Waals surface area contributed by atoms with E-state index in [1.54, 1.807) is 23.9 Å². The summed E-state index contributed by atoms with van der Waals surface area (Å²) in [5, 5.41) is 11.7. The maximum absolute atomic E-state index is 12.1. The van der Waals surface area contributed by atoms with Crippen molar-refractivity contribution in [2.45, 2.75) is 13.8 Å². The molecule has 1 aromatic carbocycles. The summed E-state index contributed by atoms with van der Waals surface area (Å²) in [6.45, 7) is 4.54. The first-order chi connectivity index (χ1) is 9.58. The highest BCUT2D eigenvalue weighted by Gasteiger charge is 2.09. The summed E-state index contributed by atoms with van der Waals surface area (Å²) in [7, 11) is 0. The van der Waals surface area contributed by atoms with Crippen LogP contribution in [0.15, 0.2) is 18.2 Å². The van der Waals surface area contributed by atoms with Gasteiger partial charge in [-0.05, 0) is 42.5 Å². The summed E-state index contributed by atoms with van der Waals surface area (Å²) in [5.41, 5.74) is 2.39. The summed E-state index contributed by atoms with van der Waals surface area (Å²) in [4.78, 5) is 12.1. The molecule has 0 fully saturated rings. The van der Waals surface area contributed by atoms with E-state index < -0.39 is 0 Å². The Bertz CT molecular complexity index is 517. The Labute approximate surface area is 125 Å². The summed E-state index contributed by atoms with van der Waals surface area (Å²) >= 11 is 1.78. The molecule has 0 aliphatic heterocycles. The van der Waals surface area contributed by atoms with Gasteiger partial charge in [0.2, 0.25) is 0 Å². The number of aryl methyl sites for hydroxylation is 1. The van der Waals surface area contributed by atoms with E-state index in [2.05, 4.69) is 30.3 Å². The van der Waals surface area contributed by atoms with Crippen LogP contribution >= 0.6 is 11.8 Å². The van der Waals surface area contributed by atoms with E-state index in [1.165, 1.54) is 0 Å². The van der Waals surface area contributed by atoms with Crippen LogP contribution in [0, 0.1) is 24.7 Å². The minimum Gasteiger partial charge on any atom is -0.384 e. The maximum Gasteiger partial charge on any atom is 0.251 e. The van der Waals surface area contributed by atoms with Crippen LogP contribution in [0.2, 0.25) is 0 Å². The fraction of sp³-hybridized carbons (Fsp3) is 0.438. The second kappa shape index (κ2) is 8.68. The van der Waals surface area contributed by atoms with Gasteiger partial charge in [0.15, 0.2) is 0 Å². The second-order valence-corrected chi connectivity index (χ2v) is 5.67. The van der Waals surface area contributed by atoms with Gasteiger partial charge in [-0.1, -0.05) is 24.8 Å². The molecule has 0 aliphatic rings. The quantitative estimate of drug-likeness (QED) is 0.817. The normalized spacial score (nSPS) is 11.4. The van der Waals surface area contributed by atoms with Crippen molar-refractivity contribution in [2.75, 3.05) is 25.2 Å². The van der Waals surface area contributed by atoms with Crippen molar-refractivity contribution in [3.63, 3.8) is 0 Å².